The molecule has 0 aliphatic carbocycles. The molecule has 0 spiro atoms. The number of sulfone groups is 1. The summed E-state index contributed by atoms with van der Waals surface area (Å²) in [4.78, 5) is 18.5. The van der Waals surface area contributed by atoms with Gasteiger partial charge in [-0.15, -0.1) is 11.3 Å². The van der Waals surface area contributed by atoms with Crippen LogP contribution >= 0.6 is 11.3 Å². The number of nitrogens with zero attached hydrogens (tertiary/aromatic N) is 2. The molecule has 4 rings (SSSR count). The van der Waals surface area contributed by atoms with E-state index in [4.69, 9.17) is 9.47 Å². The number of hydrogen-bond acceptors (Lipinski definition) is 7. The molecule has 2 heterocycles. The fourth-order valence-electron chi connectivity index (χ4n) is 3.47. The highest BCUT2D eigenvalue weighted by Crippen LogP contribution is 2.32. The van der Waals surface area contributed by atoms with E-state index in [1.807, 2.05) is 48.5 Å². The van der Waals surface area contributed by atoms with Gasteiger partial charge in [0.15, 0.2) is 0 Å². The monoisotopic (exact) mass is 446 g/mol. The van der Waals surface area contributed by atoms with Crippen molar-refractivity contribution in [3.8, 4) is 0 Å². The summed E-state index contributed by atoms with van der Waals surface area (Å²) in [6.45, 7) is 3.66. The standard InChI is InChI=1S/C21H22N2O5S2/c1-21(2)23(20(24)27-12-15-8-4-3-5-9-15)16(13-28-21)14-30(25,26)19-22-17-10-6-7-11-18(17)29-19/h3-11,16H,12-14H2,1-2H3/t16-/m1/s1. The first-order valence-corrected chi connectivity index (χ1v) is 12.0. The van der Waals surface area contributed by atoms with Crippen molar-refractivity contribution in [1.82, 2.24) is 9.88 Å². The Morgan fingerprint density at radius 3 is 2.63 bits per heavy atom. The Morgan fingerprint density at radius 1 is 1.20 bits per heavy atom. The smallest absolute Gasteiger partial charge is 0.412 e. The fourth-order valence-corrected chi connectivity index (χ4v) is 6.28. The summed E-state index contributed by atoms with van der Waals surface area (Å²) in [6, 6.07) is 15.9. The molecule has 1 fully saturated rings. The zero-order valence-corrected chi connectivity index (χ0v) is 18.3. The Morgan fingerprint density at radius 2 is 1.90 bits per heavy atom. The molecule has 9 heteroatoms. The van der Waals surface area contributed by atoms with Crippen LogP contribution in [-0.4, -0.2) is 48.5 Å². The summed E-state index contributed by atoms with van der Waals surface area (Å²) >= 11 is 1.13. The number of carbonyl (C=O) groups is 1. The average Bonchev–Trinajstić information content (AvgIpc) is 3.28. The number of para-hydroxylation sites is 1. The highest BCUT2D eigenvalue weighted by molar-refractivity contribution is 7.93. The quantitative estimate of drug-likeness (QED) is 0.592. The first kappa shape index (κ1) is 20.8. The molecular weight excluding hydrogens is 424 g/mol. The van der Waals surface area contributed by atoms with Crippen LogP contribution < -0.4 is 0 Å². The van der Waals surface area contributed by atoms with Crippen LogP contribution in [0, 0.1) is 0 Å². The lowest BCUT2D eigenvalue weighted by atomic mass is 10.2. The molecular formula is C21H22N2O5S2. The molecule has 1 aromatic heterocycles. The number of fused-ring (bicyclic) bond motifs is 1. The molecule has 1 saturated heterocycles. The maximum atomic E-state index is 13.0. The van der Waals surface area contributed by atoms with Gasteiger partial charge in [-0.05, 0) is 31.5 Å². The molecule has 1 aliphatic rings. The predicted octanol–water partition coefficient (Wildman–Crippen LogP) is 3.84. The Hall–Kier alpha value is -2.49. The maximum Gasteiger partial charge on any atom is 0.412 e. The maximum absolute atomic E-state index is 13.0. The van der Waals surface area contributed by atoms with E-state index in [0.29, 0.717) is 5.52 Å². The zero-order chi connectivity index (χ0) is 21.4. The van der Waals surface area contributed by atoms with Crippen LogP contribution in [0.1, 0.15) is 19.4 Å². The Balaban J connectivity index is 1.52. The molecule has 1 aliphatic heterocycles. The molecule has 3 aromatic rings. The first-order chi connectivity index (χ1) is 14.3. The van der Waals surface area contributed by atoms with Gasteiger partial charge in [0, 0.05) is 0 Å². The number of hydrogen-bond donors (Lipinski definition) is 0. The molecule has 158 valence electrons. The number of aromatic nitrogens is 1. The summed E-state index contributed by atoms with van der Waals surface area (Å²) in [5.41, 5.74) is 0.521. The third kappa shape index (κ3) is 4.19. The largest absolute Gasteiger partial charge is 0.444 e. The van der Waals surface area contributed by atoms with E-state index >= 15 is 0 Å². The number of ether oxygens (including phenoxy) is 2. The Bertz CT molecular complexity index is 1130. The van der Waals surface area contributed by atoms with Gasteiger partial charge in [0.25, 0.3) is 0 Å². The van der Waals surface area contributed by atoms with Gasteiger partial charge < -0.3 is 9.47 Å². The summed E-state index contributed by atoms with van der Waals surface area (Å²) in [6.07, 6.45) is -0.606. The third-order valence-corrected chi connectivity index (χ3v) is 8.22. The Kier molecular flexibility index (Phi) is 5.52. The molecule has 0 unspecified atom stereocenters. The number of thiazole rings is 1. The highest BCUT2D eigenvalue weighted by atomic mass is 32.2. The molecule has 0 radical (unpaired) electrons. The molecule has 0 N–H and O–H groups in total. The lowest BCUT2D eigenvalue weighted by Crippen LogP contribution is -2.50. The predicted molar refractivity (Wildman–Crippen MR) is 114 cm³/mol. The van der Waals surface area contributed by atoms with Gasteiger partial charge in [0.1, 0.15) is 12.3 Å². The van der Waals surface area contributed by atoms with Gasteiger partial charge in [0.2, 0.25) is 14.2 Å². The van der Waals surface area contributed by atoms with E-state index in [1.165, 1.54) is 4.90 Å². The van der Waals surface area contributed by atoms with Crippen LogP contribution in [0.4, 0.5) is 4.79 Å². The van der Waals surface area contributed by atoms with Crippen LogP contribution in [-0.2, 0) is 25.9 Å². The number of rotatable bonds is 5. The minimum Gasteiger partial charge on any atom is -0.444 e. The second-order valence-corrected chi connectivity index (χ2v) is 10.8. The average molecular weight is 447 g/mol. The fraction of sp³-hybridized carbons (Fsp3) is 0.333. The normalized spacial score (nSPS) is 18.6. The van der Waals surface area contributed by atoms with E-state index < -0.39 is 27.7 Å². The molecule has 1 amide bonds. The molecule has 2 aromatic carbocycles. The van der Waals surface area contributed by atoms with Crippen molar-refractivity contribution >= 4 is 37.5 Å². The van der Waals surface area contributed by atoms with Crippen molar-refractivity contribution in [2.45, 2.75) is 36.6 Å². The molecule has 0 saturated carbocycles. The number of amides is 1. The summed E-state index contributed by atoms with van der Waals surface area (Å²) in [5, 5.41) is 0. The minimum atomic E-state index is -3.71. The third-order valence-electron chi connectivity index (χ3n) is 4.93. The van der Waals surface area contributed by atoms with Gasteiger partial charge in [-0.25, -0.2) is 18.2 Å². The van der Waals surface area contributed by atoms with Crippen LogP contribution in [0.15, 0.2) is 58.9 Å². The number of carbonyl (C=O) groups excluding carboxylic acids is 1. The minimum absolute atomic E-state index is 0.0472. The molecule has 1 atom stereocenters. The van der Waals surface area contributed by atoms with E-state index in [1.54, 1.807) is 19.9 Å². The molecule has 0 bridgehead atoms. The summed E-state index contributed by atoms with van der Waals surface area (Å²) in [7, 11) is -3.71. The lowest BCUT2D eigenvalue weighted by molar-refractivity contribution is -0.0485. The van der Waals surface area contributed by atoms with Gasteiger partial charge in [0.05, 0.1) is 28.6 Å². The van der Waals surface area contributed by atoms with Crippen molar-refractivity contribution in [3.63, 3.8) is 0 Å². The topological polar surface area (TPSA) is 85.8 Å². The van der Waals surface area contributed by atoms with E-state index in [-0.39, 0.29) is 23.3 Å². The molecule has 30 heavy (non-hydrogen) atoms. The second-order valence-electron chi connectivity index (χ2n) is 7.55. The van der Waals surface area contributed by atoms with Crippen LogP contribution in [0.5, 0.6) is 0 Å². The summed E-state index contributed by atoms with van der Waals surface area (Å²) < 4.78 is 38.1. The van der Waals surface area contributed by atoms with Crippen molar-refractivity contribution in [2.75, 3.05) is 12.4 Å². The highest BCUT2D eigenvalue weighted by Gasteiger charge is 2.46. The van der Waals surface area contributed by atoms with Crippen LogP contribution in [0.25, 0.3) is 10.2 Å². The first-order valence-electron chi connectivity index (χ1n) is 9.48. The van der Waals surface area contributed by atoms with Gasteiger partial charge >= 0.3 is 6.09 Å². The molecule has 7 nitrogen and oxygen atoms in total. The van der Waals surface area contributed by atoms with Crippen LogP contribution in [0.3, 0.4) is 0 Å². The van der Waals surface area contributed by atoms with Crippen molar-refractivity contribution in [2.24, 2.45) is 0 Å². The van der Waals surface area contributed by atoms with E-state index in [2.05, 4.69) is 4.98 Å². The second kappa shape index (κ2) is 7.98. The van der Waals surface area contributed by atoms with Gasteiger partial charge in [-0.2, -0.15) is 0 Å². The summed E-state index contributed by atoms with van der Waals surface area (Å²) in [5.74, 6) is -0.281. The van der Waals surface area contributed by atoms with Crippen LogP contribution in [0.2, 0.25) is 0 Å². The van der Waals surface area contributed by atoms with Crippen molar-refractivity contribution in [3.05, 3.63) is 60.2 Å². The van der Waals surface area contributed by atoms with E-state index in [0.717, 1.165) is 21.6 Å². The SMILES string of the molecule is CC1(C)OC[C@H](CS(=O)(=O)c2nc3ccccc3s2)N1C(=O)OCc1ccccc1. The number of benzene rings is 2. The lowest BCUT2D eigenvalue weighted by Gasteiger charge is -2.32. The van der Waals surface area contributed by atoms with Crippen molar-refractivity contribution in [1.29, 1.82) is 0 Å². The Labute approximate surface area is 179 Å². The van der Waals surface area contributed by atoms with Gasteiger partial charge in [-0.3, -0.25) is 4.90 Å². The van der Waals surface area contributed by atoms with Crippen molar-refractivity contribution < 1.29 is 22.7 Å². The zero-order valence-electron chi connectivity index (χ0n) is 16.6. The van der Waals surface area contributed by atoms with Gasteiger partial charge in [-0.1, -0.05) is 42.5 Å². The van der Waals surface area contributed by atoms with E-state index in [9.17, 15) is 13.2 Å².